The molecule has 0 atom stereocenters. The minimum atomic E-state index is -0.555. The SMILES string of the molecule is CN(Cc1ccccc1)C(=O)CCCOc1cccc2c1CN(CC(=O)Oc1ccccc1Cl)C(NC(=O)N(C)C1CCCCC1)=N2. The zero-order chi connectivity index (χ0) is 33.2. The van der Waals surface area contributed by atoms with Crippen molar-refractivity contribution < 1.29 is 23.9 Å². The summed E-state index contributed by atoms with van der Waals surface area (Å²) in [5.41, 5.74) is 2.48. The Morgan fingerprint density at radius 1 is 0.936 bits per heavy atom. The van der Waals surface area contributed by atoms with Gasteiger partial charge in [-0.2, -0.15) is 0 Å². The summed E-state index contributed by atoms with van der Waals surface area (Å²) in [6.07, 6.45) is 6.18. The highest BCUT2D eigenvalue weighted by molar-refractivity contribution is 6.32. The van der Waals surface area contributed by atoms with Gasteiger partial charge in [-0.1, -0.05) is 79.4 Å². The minimum Gasteiger partial charge on any atom is -0.493 e. The van der Waals surface area contributed by atoms with Gasteiger partial charge in [0.25, 0.3) is 0 Å². The van der Waals surface area contributed by atoms with Crippen LogP contribution >= 0.6 is 11.6 Å². The topological polar surface area (TPSA) is 104 Å². The van der Waals surface area contributed by atoms with E-state index in [9.17, 15) is 14.4 Å². The Labute approximate surface area is 281 Å². The van der Waals surface area contributed by atoms with Gasteiger partial charge in [0.05, 0.1) is 23.9 Å². The van der Waals surface area contributed by atoms with Crippen molar-refractivity contribution in [1.82, 2.24) is 20.0 Å². The van der Waals surface area contributed by atoms with E-state index in [4.69, 9.17) is 26.1 Å². The van der Waals surface area contributed by atoms with E-state index in [1.807, 2.05) is 48.5 Å². The maximum Gasteiger partial charge on any atom is 0.331 e. The third-order valence-corrected chi connectivity index (χ3v) is 8.82. The van der Waals surface area contributed by atoms with Crippen LogP contribution in [0.3, 0.4) is 0 Å². The average Bonchev–Trinajstić information content (AvgIpc) is 3.08. The summed E-state index contributed by atoms with van der Waals surface area (Å²) in [6, 6.07) is 22.0. The van der Waals surface area contributed by atoms with Crippen LogP contribution in [-0.4, -0.2) is 71.9 Å². The van der Waals surface area contributed by atoms with Crippen LogP contribution in [0.5, 0.6) is 11.5 Å². The molecule has 0 saturated heterocycles. The smallest absolute Gasteiger partial charge is 0.331 e. The summed E-state index contributed by atoms with van der Waals surface area (Å²) in [5.74, 6) is 0.597. The predicted molar refractivity (Wildman–Crippen MR) is 182 cm³/mol. The lowest BCUT2D eigenvalue weighted by molar-refractivity contribution is -0.135. The van der Waals surface area contributed by atoms with E-state index in [-0.39, 0.29) is 42.8 Å². The molecule has 11 heteroatoms. The van der Waals surface area contributed by atoms with Gasteiger partial charge in [0.15, 0.2) is 0 Å². The molecule has 1 aliphatic carbocycles. The second-order valence-corrected chi connectivity index (χ2v) is 12.4. The molecule has 10 nitrogen and oxygen atoms in total. The van der Waals surface area contributed by atoms with Crippen molar-refractivity contribution in [3.63, 3.8) is 0 Å². The zero-order valence-corrected chi connectivity index (χ0v) is 27.7. The molecule has 5 rings (SSSR count). The van der Waals surface area contributed by atoms with Crippen LogP contribution in [0, 0.1) is 0 Å². The monoisotopic (exact) mass is 659 g/mol. The number of carbonyl (C=O) groups excluding carboxylic acids is 3. The van der Waals surface area contributed by atoms with Gasteiger partial charge in [-0.15, -0.1) is 0 Å². The van der Waals surface area contributed by atoms with Gasteiger partial charge >= 0.3 is 12.0 Å². The molecule has 1 fully saturated rings. The summed E-state index contributed by atoms with van der Waals surface area (Å²) in [7, 11) is 3.60. The van der Waals surface area contributed by atoms with Crippen LogP contribution in [0.25, 0.3) is 0 Å². The first-order valence-electron chi connectivity index (χ1n) is 16.1. The number of ether oxygens (including phenoxy) is 2. The number of amides is 3. The number of hydrogen-bond acceptors (Lipinski definition) is 7. The molecular formula is C36H42ClN5O5. The molecule has 3 aromatic rings. The van der Waals surface area contributed by atoms with Crippen LogP contribution in [0.2, 0.25) is 5.02 Å². The molecule has 0 spiro atoms. The van der Waals surface area contributed by atoms with E-state index < -0.39 is 5.97 Å². The molecule has 1 saturated carbocycles. The largest absolute Gasteiger partial charge is 0.493 e. The fraction of sp³-hybridized carbons (Fsp3) is 0.389. The van der Waals surface area contributed by atoms with Gasteiger partial charge in [0.1, 0.15) is 18.0 Å². The zero-order valence-electron chi connectivity index (χ0n) is 27.0. The molecule has 0 radical (unpaired) electrons. The standard InChI is InChI=1S/C36H42ClN5O5/c1-40(23-26-13-5-3-6-14-26)33(43)21-12-22-46-31-20-11-18-30-28(31)24-42(25-34(44)47-32-19-10-9-17-29(32)37)35(38-30)39-36(45)41(2)27-15-7-4-8-16-27/h3,5-6,9-11,13-14,17-20,27H,4,7-8,12,15-16,21-25H2,1-2H3,(H,38,39,45). The number of benzene rings is 3. The number of rotatable bonds is 11. The minimum absolute atomic E-state index is 0.0407. The predicted octanol–water partition coefficient (Wildman–Crippen LogP) is 6.54. The van der Waals surface area contributed by atoms with E-state index in [0.717, 1.165) is 36.8 Å². The van der Waals surface area contributed by atoms with Crippen LogP contribution in [-0.2, 0) is 22.7 Å². The Morgan fingerprint density at radius 2 is 1.66 bits per heavy atom. The molecule has 47 heavy (non-hydrogen) atoms. The Morgan fingerprint density at radius 3 is 2.43 bits per heavy atom. The highest BCUT2D eigenvalue weighted by Crippen LogP contribution is 2.34. The number of fused-ring (bicyclic) bond motifs is 1. The third kappa shape index (κ3) is 9.25. The molecule has 2 aliphatic rings. The first-order valence-corrected chi connectivity index (χ1v) is 16.5. The fourth-order valence-corrected chi connectivity index (χ4v) is 6.01. The normalized spacial score (nSPS) is 14.4. The van der Waals surface area contributed by atoms with Crippen LogP contribution in [0.1, 0.15) is 56.1 Å². The molecule has 0 bridgehead atoms. The summed E-state index contributed by atoms with van der Waals surface area (Å²) in [4.78, 5) is 49.1. The highest BCUT2D eigenvalue weighted by atomic mass is 35.5. The molecule has 0 aromatic heterocycles. The lowest BCUT2D eigenvalue weighted by atomic mass is 9.95. The summed E-state index contributed by atoms with van der Waals surface area (Å²) < 4.78 is 11.7. The van der Waals surface area contributed by atoms with E-state index in [2.05, 4.69) is 5.32 Å². The fourth-order valence-electron chi connectivity index (χ4n) is 5.84. The molecule has 248 valence electrons. The van der Waals surface area contributed by atoms with Crippen molar-refractivity contribution in [3.8, 4) is 11.5 Å². The number of para-hydroxylation sites is 1. The van der Waals surface area contributed by atoms with Crippen LogP contribution in [0.4, 0.5) is 10.5 Å². The van der Waals surface area contributed by atoms with E-state index in [0.29, 0.717) is 42.5 Å². The Kier molecular flexibility index (Phi) is 11.7. The first-order chi connectivity index (χ1) is 22.8. The maximum atomic E-state index is 13.4. The van der Waals surface area contributed by atoms with Gasteiger partial charge < -0.3 is 24.2 Å². The number of halogens is 1. The third-order valence-electron chi connectivity index (χ3n) is 8.51. The van der Waals surface area contributed by atoms with E-state index in [1.54, 1.807) is 53.1 Å². The number of guanidine groups is 1. The van der Waals surface area contributed by atoms with E-state index in [1.165, 1.54) is 6.42 Å². The number of esters is 1. The molecule has 0 unspecified atom stereocenters. The van der Waals surface area contributed by atoms with Gasteiger partial charge in [-0.25, -0.2) is 14.6 Å². The molecule has 1 N–H and O–H groups in total. The van der Waals surface area contributed by atoms with Crippen molar-refractivity contribution in [3.05, 3.63) is 88.9 Å². The summed E-state index contributed by atoms with van der Waals surface area (Å²) >= 11 is 6.22. The van der Waals surface area contributed by atoms with Gasteiger partial charge in [-0.3, -0.25) is 10.1 Å². The molecule has 3 aromatic carbocycles. The number of aliphatic imine (C=N–C) groups is 1. The van der Waals surface area contributed by atoms with Crippen molar-refractivity contribution in [2.75, 3.05) is 27.2 Å². The molecule has 1 aliphatic heterocycles. The van der Waals surface area contributed by atoms with Crippen LogP contribution < -0.4 is 14.8 Å². The maximum absolute atomic E-state index is 13.4. The second-order valence-electron chi connectivity index (χ2n) is 12.0. The Balaban J connectivity index is 1.26. The average molecular weight is 660 g/mol. The lowest BCUT2D eigenvalue weighted by Gasteiger charge is -2.34. The van der Waals surface area contributed by atoms with Crippen molar-refractivity contribution in [2.24, 2.45) is 4.99 Å². The van der Waals surface area contributed by atoms with E-state index >= 15 is 0 Å². The highest BCUT2D eigenvalue weighted by Gasteiger charge is 2.29. The molecular weight excluding hydrogens is 618 g/mol. The first kappa shape index (κ1) is 33.8. The Hall–Kier alpha value is -4.57. The quantitative estimate of drug-likeness (QED) is 0.142. The summed E-state index contributed by atoms with van der Waals surface area (Å²) in [5, 5.41) is 3.27. The summed E-state index contributed by atoms with van der Waals surface area (Å²) in [6.45, 7) is 0.936. The lowest BCUT2D eigenvalue weighted by Crippen LogP contribution is -2.52. The number of urea groups is 1. The Bertz CT molecular complexity index is 1580. The van der Waals surface area contributed by atoms with Crippen molar-refractivity contribution in [2.45, 2.75) is 64.1 Å². The van der Waals surface area contributed by atoms with Crippen molar-refractivity contribution >= 4 is 41.2 Å². The molecule has 1 heterocycles. The molecule has 3 amide bonds. The second kappa shape index (κ2) is 16.3. The number of nitrogens with one attached hydrogen (secondary N) is 1. The number of carbonyl (C=O) groups is 3. The van der Waals surface area contributed by atoms with Crippen molar-refractivity contribution in [1.29, 1.82) is 0 Å². The van der Waals surface area contributed by atoms with Crippen LogP contribution in [0.15, 0.2) is 77.8 Å². The number of hydrogen-bond donors (Lipinski definition) is 1. The van der Waals surface area contributed by atoms with Gasteiger partial charge in [-0.05, 0) is 49.1 Å². The van der Waals surface area contributed by atoms with Gasteiger partial charge in [0.2, 0.25) is 11.9 Å². The van der Waals surface area contributed by atoms with Gasteiger partial charge in [0, 0.05) is 38.7 Å². The number of nitrogens with zero attached hydrogens (tertiary/aromatic N) is 4.